The summed E-state index contributed by atoms with van der Waals surface area (Å²) in [5.74, 6) is 0.598. The molecule has 164 valence electrons. The van der Waals surface area contributed by atoms with Crippen molar-refractivity contribution >= 4 is 23.0 Å². The number of carbonyl (C=O) groups excluding carboxylic acids is 1. The van der Waals surface area contributed by atoms with Crippen molar-refractivity contribution < 1.29 is 23.9 Å². The van der Waals surface area contributed by atoms with E-state index in [1.165, 1.54) is 33.3 Å². The molecule has 1 aromatic rings. The number of rotatable bonds is 9. The molecule has 0 aliphatic heterocycles. The second kappa shape index (κ2) is 12.0. The van der Waals surface area contributed by atoms with Gasteiger partial charge in [-0.15, -0.1) is 0 Å². The van der Waals surface area contributed by atoms with E-state index in [9.17, 15) is 4.79 Å². The topological polar surface area (TPSA) is 78.7 Å². The Labute approximate surface area is 178 Å². The summed E-state index contributed by atoms with van der Waals surface area (Å²) in [7, 11) is 4.37. The van der Waals surface area contributed by atoms with E-state index in [4.69, 9.17) is 19.1 Å². The second-order valence-corrected chi connectivity index (χ2v) is 7.48. The molecule has 7 heteroatoms. The summed E-state index contributed by atoms with van der Waals surface area (Å²) in [4.78, 5) is 22.8. The highest BCUT2D eigenvalue weighted by molar-refractivity contribution is 6.42. The van der Waals surface area contributed by atoms with Crippen LogP contribution >= 0.6 is 0 Å². The third kappa shape index (κ3) is 6.34. The van der Waals surface area contributed by atoms with Gasteiger partial charge in [-0.25, -0.2) is 4.79 Å². The van der Waals surface area contributed by atoms with Gasteiger partial charge in [0.1, 0.15) is 30.7 Å². The second-order valence-electron chi connectivity index (χ2n) is 7.48. The summed E-state index contributed by atoms with van der Waals surface area (Å²) in [6.07, 6.45) is 5.87. The summed E-state index contributed by atoms with van der Waals surface area (Å²) >= 11 is 0. The van der Waals surface area contributed by atoms with Gasteiger partial charge < -0.3 is 19.1 Å². The molecular weight excluding hydrogens is 384 g/mol. The fourth-order valence-corrected chi connectivity index (χ4v) is 3.67. The lowest BCUT2D eigenvalue weighted by Crippen LogP contribution is -2.26. The van der Waals surface area contributed by atoms with E-state index < -0.39 is 5.97 Å². The van der Waals surface area contributed by atoms with Crippen LogP contribution in [0.2, 0.25) is 0 Å². The number of methoxy groups -OCH3 is 2. The van der Waals surface area contributed by atoms with Gasteiger partial charge in [-0.2, -0.15) is 0 Å². The average Bonchev–Trinajstić information content (AvgIpc) is 2.76. The van der Waals surface area contributed by atoms with Gasteiger partial charge in [0.15, 0.2) is 0 Å². The van der Waals surface area contributed by atoms with Gasteiger partial charge in [-0.05, 0) is 31.2 Å². The van der Waals surface area contributed by atoms with Crippen LogP contribution in [0.25, 0.3) is 5.57 Å². The molecule has 1 aliphatic carbocycles. The van der Waals surface area contributed by atoms with Crippen LogP contribution in [0.4, 0.5) is 0 Å². The summed E-state index contributed by atoms with van der Waals surface area (Å²) in [5.41, 5.74) is 3.32. The Morgan fingerprint density at radius 2 is 1.80 bits per heavy atom. The lowest BCUT2D eigenvalue weighted by atomic mass is 9.79. The maximum absolute atomic E-state index is 12.1. The van der Waals surface area contributed by atoms with Crippen molar-refractivity contribution in [1.29, 1.82) is 0 Å². The fourth-order valence-electron chi connectivity index (χ4n) is 3.67. The molecular formula is C23H32N2O5. The first-order chi connectivity index (χ1) is 14.5. The van der Waals surface area contributed by atoms with Gasteiger partial charge >= 0.3 is 5.97 Å². The smallest absolute Gasteiger partial charge is 0.341 e. The zero-order chi connectivity index (χ0) is 21.9. The van der Waals surface area contributed by atoms with E-state index in [-0.39, 0.29) is 6.61 Å². The first-order valence-corrected chi connectivity index (χ1v) is 10.2. The minimum atomic E-state index is -0.481. The normalized spacial score (nSPS) is 20.5. The van der Waals surface area contributed by atoms with Gasteiger partial charge in [0.25, 0.3) is 0 Å². The first-order valence-electron chi connectivity index (χ1n) is 10.2. The molecule has 30 heavy (non-hydrogen) atoms. The molecule has 0 unspecified atom stereocenters. The average molecular weight is 417 g/mol. The van der Waals surface area contributed by atoms with E-state index >= 15 is 0 Å². The number of hydrogen-bond donors (Lipinski definition) is 0. The van der Waals surface area contributed by atoms with E-state index in [1.807, 2.05) is 31.2 Å². The Balaban J connectivity index is 2.14. The molecule has 0 amide bonds. The monoisotopic (exact) mass is 416 g/mol. The van der Waals surface area contributed by atoms with Gasteiger partial charge in [-0.3, -0.25) is 0 Å². The number of esters is 1. The highest BCUT2D eigenvalue weighted by Crippen LogP contribution is 2.30. The standard InChI is InChI=1S/C23H32N2O5/c1-16-10-12-18(13-11-16)22(25-29-5)17(2)24-30-14-19-8-6-7-9-20(19)21(15-27-3)23(26)28-4/h6-9,15-16,18H,10-14H2,1-5H3/b21-15+,24-17+,25-22-. The van der Waals surface area contributed by atoms with Gasteiger partial charge in [0, 0.05) is 11.5 Å². The van der Waals surface area contributed by atoms with Crippen molar-refractivity contribution in [3.63, 3.8) is 0 Å². The third-order valence-electron chi connectivity index (χ3n) is 5.33. The molecule has 7 nitrogen and oxygen atoms in total. The Morgan fingerprint density at radius 1 is 1.10 bits per heavy atom. The van der Waals surface area contributed by atoms with Crippen molar-refractivity contribution in [3.05, 3.63) is 41.7 Å². The lowest BCUT2D eigenvalue weighted by molar-refractivity contribution is -0.133. The minimum Gasteiger partial charge on any atom is -0.503 e. The van der Waals surface area contributed by atoms with Crippen LogP contribution in [0.15, 0.2) is 40.8 Å². The quantitative estimate of drug-likeness (QED) is 0.194. The van der Waals surface area contributed by atoms with E-state index in [0.29, 0.717) is 22.8 Å². The van der Waals surface area contributed by atoms with Crippen LogP contribution in [-0.4, -0.2) is 38.7 Å². The molecule has 0 saturated heterocycles. The number of ether oxygens (including phenoxy) is 2. The molecule has 1 aliphatic rings. The Kier molecular flexibility index (Phi) is 9.38. The predicted octanol–water partition coefficient (Wildman–Crippen LogP) is 4.57. The van der Waals surface area contributed by atoms with E-state index in [0.717, 1.165) is 30.0 Å². The highest BCUT2D eigenvalue weighted by atomic mass is 16.6. The van der Waals surface area contributed by atoms with Crippen LogP contribution in [0.3, 0.4) is 0 Å². The van der Waals surface area contributed by atoms with Gasteiger partial charge in [0.2, 0.25) is 0 Å². The summed E-state index contributed by atoms with van der Waals surface area (Å²) in [6, 6.07) is 7.41. The van der Waals surface area contributed by atoms with Crippen LogP contribution in [-0.2, 0) is 30.6 Å². The molecule has 1 fully saturated rings. The van der Waals surface area contributed by atoms with Crippen molar-refractivity contribution in [2.24, 2.45) is 22.1 Å². The molecule has 0 heterocycles. The number of hydrogen-bond acceptors (Lipinski definition) is 7. The molecule has 0 aromatic heterocycles. The zero-order valence-corrected chi connectivity index (χ0v) is 18.5. The largest absolute Gasteiger partial charge is 0.503 e. The highest BCUT2D eigenvalue weighted by Gasteiger charge is 2.25. The Bertz CT molecular complexity index is 793. The van der Waals surface area contributed by atoms with Crippen molar-refractivity contribution in [2.75, 3.05) is 21.3 Å². The van der Waals surface area contributed by atoms with Crippen LogP contribution < -0.4 is 0 Å². The maximum atomic E-state index is 12.1. The molecule has 1 saturated carbocycles. The molecule has 0 bridgehead atoms. The van der Waals surface area contributed by atoms with Crippen molar-refractivity contribution in [3.8, 4) is 0 Å². The molecule has 1 aromatic carbocycles. The number of carbonyl (C=O) groups is 1. The van der Waals surface area contributed by atoms with Crippen LogP contribution in [0, 0.1) is 11.8 Å². The Morgan fingerprint density at radius 3 is 2.43 bits per heavy atom. The SMILES string of the molecule is CO/C=C(/C(=O)OC)c1ccccc1CO/N=C(C)/C(=N/OC)C1CCC(C)CC1. The third-order valence-corrected chi connectivity index (χ3v) is 5.33. The van der Waals surface area contributed by atoms with Crippen molar-refractivity contribution in [2.45, 2.75) is 46.1 Å². The van der Waals surface area contributed by atoms with Crippen LogP contribution in [0.1, 0.15) is 50.7 Å². The zero-order valence-electron chi connectivity index (χ0n) is 18.5. The number of benzene rings is 1. The first kappa shape index (κ1) is 23.4. The number of nitrogens with zero attached hydrogens (tertiary/aromatic N) is 2. The lowest BCUT2D eigenvalue weighted by Gasteiger charge is -2.26. The van der Waals surface area contributed by atoms with Gasteiger partial charge in [0.05, 0.1) is 20.5 Å². The van der Waals surface area contributed by atoms with E-state index in [1.54, 1.807) is 7.11 Å². The maximum Gasteiger partial charge on any atom is 0.341 e. The molecule has 0 atom stereocenters. The van der Waals surface area contributed by atoms with E-state index in [2.05, 4.69) is 17.2 Å². The van der Waals surface area contributed by atoms with Crippen LogP contribution in [0.5, 0.6) is 0 Å². The number of oxime groups is 2. The molecule has 0 N–H and O–H groups in total. The minimum absolute atomic E-state index is 0.188. The Hall–Kier alpha value is -2.83. The summed E-state index contributed by atoms with van der Waals surface area (Å²) in [6.45, 7) is 4.35. The van der Waals surface area contributed by atoms with Crippen molar-refractivity contribution in [1.82, 2.24) is 0 Å². The predicted molar refractivity (Wildman–Crippen MR) is 117 cm³/mol. The molecule has 0 radical (unpaired) electrons. The van der Waals surface area contributed by atoms with Gasteiger partial charge in [-0.1, -0.05) is 54.3 Å². The molecule has 2 rings (SSSR count). The fraction of sp³-hybridized carbons (Fsp3) is 0.522. The summed E-state index contributed by atoms with van der Waals surface area (Å²) in [5, 5.41) is 8.50. The molecule has 0 spiro atoms. The summed E-state index contributed by atoms with van der Waals surface area (Å²) < 4.78 is 9.92.